The van der Waals surface area contributed by atoms with Gasteiger partial charge in [0.1, 0.15) is 0 Å². The van der Waals surface area contributed by atoms with Crippen LogP contribution in [0.4, 0.5) is 0 Å². The summed E-state index contributed by atoms with van der Waals surface area (Å²) in [5.74, 6) is 2.04. The smallest absolute Gasteiger partial charge is 0.0833 e. The molecular formula is C14H24N4. The Labute approximate surface area is 109 Å². The van der Waals surface area contributed by atoms with Gasteiger partial charge in [-0.15, -0.1) is 5.10 Å². The first-order valence-corrected chi connectivity index (χ1v) is 7.27. The van der Waals surface area contributed by atoms with Gasteiger partial charge in [-0.2, -0.15) is 0 Å². The molecule has 18 heavy (non-hydrogen) atoms. The molecule has 2 unspecified atom stereocenters. The predicted octanol–water partition coefficient (Wildman–Crippen LogP) is 1.77. The van der Waals surface area contributed by atoms with E-state index in [2.05, 4.69) is 28.7 Å². The standard InChI is InChI=1S/C14H24N4/c1-3-4-15-10-14(6-11-5-12(11)7-14)8-13-9-18(2)17-16-13/h9,11-12,15H,3-8,10H2,1-2H3. The van der Waals surface area contributed by atoms with Crippen molar-refractivity contribution in [2.75, 3.05) is 13.1 Å². The second-order valence-electron chi connectivity index (χ2n) is 6.40. The minimum absolute atomic E-state index is 0.457. The van der Waals surface area contributed by atoms with E-state index in [1.165, 1.54) is 25.7 Å². The average molecular weight is 248 g/mol. The summed E-state index contributed by atoms with van der Waals surface area (Å²) in [4.78, 5) is 0. The lowest BCUT2D eigenvalue weighted by Gasteiger charge is -2.30. The zero-order valence-electron chi connectivity index (χ0n) is 11.5. The van der Waals surface area contributed by atoms with Gasteiger partial charge in [0.2, 0.25) is 0 Å². The van der Waals surface area contributed by atoms with Crippen molar-refractivity contribution in [2.24, 2.45) is 24.3 Å². The maximum atomic E-state index is 4.28. The third kappa shape index (κ3) is 2.44. The molecule has 0 amide bonds. The zero-order valence-corrected chi connectivity index (χ0v) is 11.5. The van der Waals surface area contributed by atoms with E-state index >= 15 is 0 Å². The number of hydrogen-bond donors (Lipinski definition) is 1. The van der Waals surface area contributed by atoms with Crippen LogP contribution in [0.3, 0.4) is 0 Å². The molecule has 0 aromatic carbocycles. The Kier molecular flexibility index (Phi) is 3.14. The van der Waals surface area contributed by atoms with Gasteiger partial charge in [-0.1, -0.05) is 12.1 Å². The molecule has 0 aliphatic heterocycles. The van der Waals surface area contributed by atoms with Gasteiger partial charge in [-0.3, -0.25) is 4.68 Å². The Morgan fingerprint density at radius 3 is 2.83 bits per heavy atom. The van der Waals surface area contributed by atoms with Crippen molar-refractivity contribution in [3.05, 3.63) is 11.9 Å². The summed E-state index contributed by atoms with van der Waals surface area (Å²) >= 11 is 0. The van der Waals surface area contributed by atoms with Gasteiger partial charge in [0, 0.05) is 19.8 Å². The van der Waals surface area contributed by atoms with E-state index in [-0.39, 0.29) is 0 Å². The van der Waals surface area contributed by atoms with Crippen LogP contribution >= 0.6 is 0 Å². The predicted molar refractivity (Wildman–Crippen MR) is 71.1 cm³/mol. The van der Waals surface area contributed by atoms with E-state index in [9.17, 15) is 0 Å². The van der Waals surface area contributed by atoms with Crippen molar-refractivity contribution in [3.63, 3.8) is 0 Å². The van der Waals surface area contributed by atoms with Crippen molar-refractivity contribution < 1.29 is 0 Å². The fraction of sp³-hybridized carbons (Fsp3) is 0.857. The highest BCUT2D eigenvalue weighted by Crippen LogP contribution is 2.60. The van der Waals surface area contributed by atoms with E-state index in [1.807, 2.05) is 11.7 Å². The normalized spacial score (nSPS) is 33.7. The van der Waals surface area contributed by atoms with Crippen LogP contribution in [0.1, 0.15) is 38.3 Å². The zero-order chi connectivity index (χ0) is 12.6. The van der Waals surface area contributed by atoms with E-state index in [4.69, 9.17) is 0 Å². The quantitative estimate of drug-likeness (QED) is 0.780. The summed E-state index contributed by atoms with van der Waals surface area (Å²) in [6.45, 7) is 4.52. The molecule has 1 heterocycles. The van der Waals surface area contributed by atoms with Crippen LogP contribution in [0.15, 0.2) is 6.20 Å². The Morgan fingerprint density at radius 2 is 2.22 bits per heavy atom. The number of aromatic nitrogens is 3. The fourth-order valence-corrected chi connectivity index (χ4v) is 3.75. The monoisotopic (exact) mass is 248 g/mol. The van der Waals surface area contributed by atoms with Crippen LogP contribution < -0.4 is 5.32 Å². The number of nitrogens with one attached hydrogen (secondary N) is 1. The van der Waals surface area contributed by atoms with Crippen LogP contribution in [-0.4, -0.2) is 28.1 Å². The van der Waals surface area contributed by atoms with Gasteiger partial charge >= 0.3 is 0 Å². The topological polar surface area (TPSA) is 42.7 Å². The molecule has 2 atom stereocenters. The lowest BCUT2D eigenvalue weighted by molar-refractivity contribution is 0.246. The van der Waals surface area contributed by atoms with Crippen LogP contribution in [-0.2, 0) is 13.5 Å². The first-order valence-electron chi connectivity index (χ1n) is 7.27. The fourth-order valence-electron chi connectivity index (χ4n) is 3.75. The highest BCUT2D eigenvalue weighted by atomic mass is 15.4. The molecule has 1 aromatic rings. The summed E-state index contributed by atoms with van der Waals surface area (Å²) in [5, 5.41) is 12.0. The summed E-state index contributed by atoms with van der Waals surface area (Å²) in [6, 6.07) is 0. The van der Waals surface area contributed by atoms with Gasteiger partial charge < -0.3 is 5.32 Å². The molecule has 2 fully saturated rings. The van der Waals surface area contributed by atoms with Gasteiger partial charge in [0.15, 0.2) is 0 Å². The van der Waals surface area contributed by atoms with Crippen LogP contribution in [0.25, 0.3) is 0 Å². The molecule has 0 saturated heterocycles. The third-order valence-corrected chi connectivity index (χ3v) is 4.59. The largest absolute Gasteiger partial charge is 0.316 e. The number of aryl methyl sites for hydroxylation is 1. The maximum absolute atomic E-state index is 4.28. The first-order chi connectivity index (χ1) is 8.71. The molecule has 4 heteroatoms. The Morgan fingerprint density at radius 1 is 1.44 bits per heavy atom. The number of fused-ring (bicyclic) bond motifs is 1. The molecule has 4 nitrogen and oxygen atoms in total. The second kappa shape index (κ2) is 4.65. The van der Waals surface area contributed by atoms with E-state index in [1.54, 1.807) is 0 Å². The molecule has 1 N–H and O–H groups in total. The SMILES string of the molecule is CCCNCC1(Cc2cn(C)nn2)CC2CC2C1. The van der Waals surface area contributed by atoms with Gasteiger partial charge in [0.05, 0.1) is 5.69 Å². The molecule has 2 saturated carbocycles. The second-order valence-corrected chi connectivity index (χ2v) is 6.40. The molecule has 100 valence electrons. The summed E-state index contributed by atoms with van der Waals surface area (Å²) < 4.78 is 1.82. The molecule has 0 bridgehead atoms. The van der Waals surface area contributed by atoms with E-state index in [0.29, 0.717) is 5.41 Å². The van der Waals surface area contributed by atoms with Gasteiger partial charge in [-0.05, 0) is 55.9 Å². The molecule has 3 rings (SSSR count). The molecule has 1 aromatic heterocycles. The van der Waals surface area contributed by atoms with Crippen LogP contribution in [0, 0.1) is 17.3 Å². The summed E-state index contributed by atoms with van der Waals surface area (Å²) in [5.41, 5.74) is 1.62. The van der Waals surface area contributed by atoms with Crippen molar-refractivity contribution in [1.29, 1.82) is 0 Å². The van der Waals surface area contributed by atoms with E-state index in [0.717, 1.165) is 37.0 Å². The highest BCUT2D eigenvalue weighted by Gasteiger charge is 2.53. The molecular weight excluding hydrogens is 224 g/mol. The molecule has 2 aliphatic rings. The lowest BCUT2D eigenvalue weighted by atomic mass is 9.78. The first kappa shape index (κ1) is 12.2. The Hall–Kier alpha value is -0.900. The van der Waals surface area contributed by atoms with E-state index < -0.39 is 0 Å². The number of nitrogens with zero attached hydrogens (tertiary/aromatic N) is 3. The summed E-state index contributed by atoms with van der Waals surface area (Å²) in [7, 11) is 1.95. The molecule has 0 spiro atoms. The Bertz CT molecular complexity index is 402. The molecule has 2 aliphatic carbocycles. The maximum Gasteiger partial charge on any atom is 0.0833 e. The van der Waals surface area contributed by atoms with Crippen molar-refractivity contribution in [2.45, 2.75) is 39.0 Å². The lowest BCUT2D eigenvalue weighted by Crippen LogP contribution is -2.35. The number of rotatable bonds is 6. The number of hydrogen-bond acceptors (Lipinski definition) is 3. The van der Waals surface area contributed by atoms with Gasteiger partial charge in [-0.25, -0.2) is 0 Å². The van der Waals surface area contributed by atoms with Crippen molar-refractivity contribution in [3.8, 4) is 0 Å². The third-order valence-electron chi connectivity index (χ3n) is 4.59. The van der Waals surface area contributed by atoms with Crippen LogP contribution in [0.5, 0.6) is 0 Å². The minimum atomic E-state index is 0.457. The van der Waals surface area contributed by atoms with Gasteiger partial charge in [0.25, 0.3) is 0 Å². The molecule has 0 radical (unpaired) electrons. The minimum Gasteiger partial charge on any atom is -0.316 e. The van der Waals surface area contributed by atoms with Crippen molar-refractivity contribution in [1.82, 2.24) is 20.3 Å². The van der Waals surface area contributed by atoms with Crippen molar-refractivity contribution >= 4 is 0 Å². The Balaban J connectivity index is 1.65. The average Bonchev–Trinajstić information content (AvgIpc) is 2.76. The van der Waals surface area contributed by atoms with Crippen LogP contribution in [0.2, 0.25) is 0 Å². The highest BCUT2D eigenvalue weighted by molar-refractivity contribution is 5.09. The summed E-state index contributed by atoms with van der Waals surface area (Å²) in [6.07, 6.45) is 8.66.